The first-order valence-corrected chi connectivity index (χ1v) is 11.8. The average Bonchev–Trinajstić information content (AvgIpc) is 3.44. The third kappa shape index (κ3) is 5.47. The number of hydrogen-bond donors (Lipinski definition) is 0. The zero-order valence-corrected chi connectivity index (χ0v) is 18.2. The molecule has 0 spiro atoms. The molecule has 2 aliphatic rings. The van der Waals surface area contributed by atoms with Crippen LogP contribution in [0.15, 0.2) is 41.1 Å². The van der Waals surface area contributed by atoms with Crippen LogP contribution < -0.4 is 0 Å². The van der Waals surface area contributed by atoms with Crippen LogP contribution in [0, 0.1) is 12.8 Å². The van der Waals surface area contributed by atoms with Gasteiger partial charge in [0.05, 0.1) is 11.7 Å². The van der Waals surface area contributed by atoms with Crippen molar-refractivity contribution in [1.82, 2.24) is 9.80 Å². The van der Waals surface area contributed by atoms with Gasteiger partial charge in [-0.05, 0) is 74.2 Å². The molecular weight excluding hydrogens is 380 g/mol. The smallest absolute Gasteiger partial charge is 0.254 e. The zero-order valence-electron chi connectivity index (χ0n) is 17.4. The van der Waals surface area contributed by atoms with Gasteiger partial charge in [0.1, 0.15) is 0 Å². The first-order valence-electron chi connectivity index (χ1n) is 10.9. The summed E-state index contributed by atoms with van der Waals surface area (Å²) in [6.45, 7) is 7.88. The third-order valence-electron chi connectivity index (χ3n) is 6.34. The predicted molar refractivity (Wildman–Crippen MR) is 118 cm³/mol. The van der Waals surface area contributed by atoms with Gasteiger partial charge in [-0.3, -0.25) is 9.69 Å². The second-order valence-electron chi connectivity index (χ2n) is 8.50. The van der Waals surface area contributed by atoms with Crippen molar-refractivity contribution in [2.45, 2.75) is 45.3 Å². The molecular formula is C24H32N2O2S. The Kier molecular flexibility index (Phi) is 7.01. The minimum atomic E-state index is 0.170. The number of benzene rings is 1. The van der Waals surface area contributed by atoms with E-state index in [9.17, 15) is 4.79 Å². The summed E-state index contributed by atoms with van der Waals surface area (Å²) in [5.74, 6) is 0.746. The van der Waals surface area contributed by atoms with Gasteiger partial charge >= 0.3 is 0 Å². The molecule has 1 amide bonds. The Morgan fingerprint density at radius 3 is 2.69 bits per heavy atom. The Morgan fingerprint density at radius 2 is 2.00 bits per heavy atom. The van der Waals surface area contributed by atoms with Gasteiger partial charge < -0.3 is 9.64 Å². The van der Waals surface area contributed by atoms with Gasteiger partial charge in [0.25, 0.3) is 5.91 Å². The number of rotatable bonds is 7. The lowest BCUT2D eigenvalue weighted by atomic mass is 9.95. The summed E-state index contributed by atoms with van der Waals surface area (Å²) in [5.41, 5.74) is 3.63. The van der Waals surface area contributed by atoms with E-state index in [0.717, 1.165) is 70.6 Å². The number of amides is 1. The van der Waals surface area contributed by atoms with Crippen molar-refractivity contribution in [1.29, 1.82) is 0 Å². The Balaban J connectivity index is 1.33. The summed E-state index contributed by atoms with van der Waals surface area (Å²) in [5, 5.41) is 3.96. The van der Waals surface area contributed by atoms with E-state index in [1.807, 2.05) is 16.8 Å². The van der Waals surface area contributed by atoms with Gasteiger partial charge in [-0.25, -0.2) is 0 Å². The van der Waals surface area contributed by atoms with Crippen molar-refractivity contribution in [3.8, 4) is 0 Å². The van der Waals surface area contributed by atoms with E-state index in [4.69, 9.17) is 4.74 Å². The molecule has 1 unspecified atom stereocenters. The van der Waals surface area contributed by atoms with Crippen LogP contribution in [0.5, 0.6) is 0 Å². The van der Waals surface area contributed by atoms with Gasteiger partial charge in [-0.2, -0.15) is 11.3 Å². The summed E-state index contributed by atoms with van der Waals surface area (Å²) in [7, 11) is 0. The molecule has 5 heteroatoms. The highest BCUT2D eigenvalue weighted by Gasteiger charge is 2.28. The van der Waals surface area contributed by atoms with Crippen LogP contribution in [0.3, 0.4) is 0 Å². The Morgan fingerprint density at radius 1 is 1.17 bits per heavy atom. The topological polar surface area (TPSA) is 32.8 Å². The highest BCUT2D eigenvalue weighted by molar-refractivity contribution is 7.08. The van der Waals surface area contributed by atoms with Crippen molar-refractivity contribution < 1.29 is 9.53 Å². The molecule has 0 radical (unpaired) electrons. The lowest BCUT2D eigenvalue weighted by Crippen LogP contribution is -2.43. The normalized spacial score (nSPS) is 20.8. The maximum atomic E-state index is 13.1. The quantitative estimate of drug-likeness (QED) is 0.667. The van der Waals surface area contributed by atoms with E-state index >= 15 is 0 Å². The Labute approximate surface area is 178 Å². The third-order valence-corrected chi connectivity index (χ3v) is 7.03. The number of hydrogen-bond acceptors (Lipinski definition) is 4. The molecule has 2 aliphatic heterocycles. The molecule has 3 heterocycles. The Bertz CT molecular complexity index is 778. The highest BCUT2D eigenvalue weighted by Crippen LogP contribution is 2.23. The van der Waals surface area contributed by atoms with Gasteiger partial charge in [0.2, 0.25) is 0 Å². The molecule has 0 aliphatic carbocycles. The van der Waals surface area contributed by atoms with Crippen LogP contribution in [0.4, 0.5) is 0 Å². The molecule has 0 N–H and O–H groups in total. The molecule has 156 valence electrons. The van der Waals surface area contributed by atoms with Crippen molar-refractivity contribution in [2.75, 3.05) is 32.8 Å². The van der Waals surface area contributed by atoms with Crippen LogP contribution in [0.1, 0.15) is 47.2 Å². The van der Waals surface area contributed by atoms with Gasteiger partial charge in [-0.15, -0.1) is 0 Å². The molecule has 29 heavy (non-hydrogen) atoms. The first-order chi connectivity index (χ1) is 14.2. The molecule has 2 aromatic rings. The van der Waals surface area contributed by atoms with E-state index < -0.39 is 0 Å². The number of likely N-dealkylation sites (tertiary alicyclic amines) is 1. The molecule has 2 fully saturated rings. The number of ether oxygens (including phenoxy) is 1. The fourth-order valence-electron chi connectivity index (χ4n) is 4.51. The molecule has 1 aromatic carbocycles. The summed E-state index contributed by atoms with van der Waals surface area (Å²) in [4.78, 5) is 17.7. The van der Waals surface area contributed by atoms with E-state index in [-0.39, 0.29) is 12.0 Å². The van der Waals surface area contributed by atoms with E-state index in [0.29, 0.717) is 5.92 Å². The number of carbonyl (C=O) groups excluding carboxylic acids is 1. The zero-order chi connectivity index (χ0) is 20.1. The molecule has 0 saturated carbocycles. The number of aryl methyl sites for hydroxylation is 1. The minimum Gasteiger partial charge on any atom is -0.376 e. The van der Waals surface area contributed by atoms with Gasteiger partial charge in [-0.1, -0.05) is 24.3 Å². The minimum absolute atomic E-state index is 0.170. The van der Waals surface area contributed by atoms with Crippen LogP contribution in [-0.4, -0.2) is 54.6 Å². The van der Waals surface area contributed by atoms with Crippen molar-refractivity contribution in [3.63, 3.8) is 0 Å². The first kappa shape index (κ1) is 20.6. The van der Waals surface area contributed by atoms with Crippen LogP contribution >= 0.6 is 11.3 Å². The van der Waals surface area contributed by atoms with Crippen molar-refractivity contribution >= 4 is 17.2 Å². The van der Waals surface area contributed by atoms with Crippen LogP contribution in [-0.2, 0) is 11.3 Å². The summed E-state index contributed by atoms with van der Waals surface area (Å²) < 4.78 is 5.84. The molecule has 1 aromatic heterocycles. The summed E-state index contributed by atoms with van der Waals surface area (Å²) >= 11 is 1.59. The fraction of sp³-hybridized carbons (Fsp3) is 0.542. The Hall–Kier alpha value is -1.69. The second-order valence-corrected chi connectivity index (χ2v) is 9.28. The van der Waals surface area contributed by atoms with Gasteiger partial charge in [0.15, 0.2) is 0 Å². The largest absolute Gasteiger partial charge is 0.376 e. The number of thiophene rings is 1. The maximum Gasteiger partial charge on any atom is 0.254 e. The van der Waals surface area contributed by atoms with Gasteiger partial charge in [0, 0.05) is 31.6 Å². The number of piperidine rings is 1. The molecule has 0 bridgehead atoms. The van der Waals surface area contributed by atoms with E-state index in [2.05, 4.69) is 41.0 Å². The summed E-state index contributed by atoms with van der Waals surface area (Å²) in [6, 6.07) is 10.6. The van der Waals surface area contributed by atoms with E-state index in [1.165, 1.54) is 11.1 Å². The number of carbonyl (C=O) groups is 1. The van der Waals surface area contributed by atoms with Crippen molar-refractivity contribution in [3.05, 3.63) is 57.8 Å². The predicted octanol–water partition coefficient (Wildman–Crippen LogP) is 4.59. The average molecular weight is 413 g/mol. The van der Waals surface area contributed by atoms with Crippen molar-refractivity contribution in [2.24, 2.45) is 5.92 Å². The molecule has 1 atom stereocenters. The standard InChI is InChI=1S/C24H32N2O2S/c1-19-5-2-3-6-21(19)16-25-11-8-20(9-12-25)15-26(17-23-7-4-13-28-23)24(27)22-10-14-29-18-22/h2-3,5-6,10,14,18,20,23H,4,7-9,11-13,15-17H2,1H3. The number of nitrogens with zero attached hydrogens (tertiary/aromatic N) is 2. The second kappa shape index (κ2) is 9.88. The monoisotopic (exact) mass is 412 g/mol. The molecule has 4 rings (SSSR count). The fourth-order valence-corrected chi connectivity index (χ4v) is 5.14. The lowest BCUT2D eigenvalue weighted by molar-refractivity contribution is 0.0445. The molecule has 2 saturated heterocycles. The van der Waals surface area contributed by atoms with E-state index in [1.54, 1.807) is 11.3 Å². The maximum absolute atomic E-state index is 13.1. The molecule has 4 nitrogen and oxygen atoms in total. The SMILES string of the molecule is Cc1ccccc1CN1CCC(CN(CC2CCCO2)C(=O)c2ccsc2)CC1. The highest BCUT2D eigenvalue weighted by atomic mass is 32.1. The lowest BCUT2D eigenvalue weighted by Gasteiger charge is -2.35. The van der Waals surface area contributed by atoms with Crippen LogP contribution in [0.25, 0.3) is 0 Å². The van der Waals surface area contributed by atoms with Crippen LogP contribution in [0.2, 0.25) is 0 Å². The summed E-state index contributed by atoms with van der Waals surface area (Å²) in [6.07, 6.45) is 4.71.